The molecule has 5 aliphatic heterocycles. The van der Waals surface area contributed by atoms with Crippen LogP contribution in [-0.4, -0.2) is 97.1 Å². The zero-order valence-corrected chi connectivity index (χ0v) is 35.5. The SMILES string of the molecule is CC[C@@H]1C[C@@H]2CC[C@H](O2)[C@@H](C)C(=O)O[C@H](CC)C[C@H]2CC[C@@H](O2)[C@H](C)C(=O)O[C@@H](CC)C[C@H]2CC[C@@H](O2)[C@@H](C)C(=O)O[C@H](CC)C[C@@H]2CC[C@H](O2)[C@H](C)C(=O)O1. The van der Waals surface area contributed by atoms with Crippen molar-refractivity contribution < 1.29 is 57.1 Å². The second kappa shape index (κ2) is 21.1. The molecule has 0 saturated carbocycles. The van der Waals surface area contributed by atoms with E-state index in [4.69, 9.17) is 37.9 Å². The van der Waals surface area contributed by atoms with Gasteiger partial charge in [-0.25, -0.2) is 0 Å². The highest BCUT2D eigenvalue weighted by atomic mass is 16.6. The lowest BCUT2D eigenvalue weighted by molar-refractivity contribution is -0.162. The van der Waals surface area contributed by atoms with Gasteiger partial charge in [-0.3, -0.25) is 19.2 Å². The van der Waals surface area contributed by atoms with Crippen LogP contribution >= 0.6 is 0 Å². The van der Waals surface area contributed by atoms with Gasteiger partial charge in [-0.15, -0.1) is 0 Å². The molecular weight excluding hydrogens is 720 g/mol. The monoisotopic (exact) mass is 793 g/mol. The Hall–Kier alpha value is -2.28. The number of esters is 4. The molecule has 0 aromatic heterocycles. The van der Waals surface area contributed by atoms with Crippen molar-refractivity contribution >= 4 is 23.9 Å². The summed E-state index contributed by atoms with van der Waals surface area (Å²) in [6, 6.07) is 0. The first-order valence-electron chi connectivity index (χ1n) is 22.3. The minimum atomic E-state index is -0.434. The van der Waals surface area contributed by atoms with Gasteiger partial charge >= 0.3 is 23.9 Å². The van der Waals surface area contributed by atoms with Gasteiger partial charge in [-0.1, -0.05) is 27.7 Å². The van der Waals surface area contributed by atoms with E-state index in [1.807, 2.05) is 55.4 Å². The second-order valence-electron chi connectivity index (χ2n) is 17.5. The van der Waals surface area contributed by atoms with Gasteiger partial charge in [0.2, 0.25) is 0 Å². The lowest BCUT2D eigenvalue weighted by Crippen LogP contribution is -2.35. The molecule has 5 rings (SSSR count). The quantitative estimate of drug-likeness (QED) is 0.205. The molecule has 12 heteroatoms. The Morgan fingerprint density at radius 2 is 0.554 bits per heavy atom. The molecule has 5 heterocycles. The molecule has 5 saturated heterocycles. The molecule has 0 aliphatic carbocycles. The fourth-order valence-electron chi connectivity index (χ4n) is 9.16. The number of carbonyl (C=O) groups excluding carboxylic acids is 4. The van der Waals surface area contributed by atoms with E-state index in [-0.39, 0.29) is 97.1 Å². The van der Waals surface area contributed by atoms with E-state index < -0.39 is 23.7 Å². The van der Waals surface area contributed by atoms with Crippen LogP contribution in [0.5, 0.6) is 0 Å². The van der Waals surface area contributed by atoms with Gasteiger partial charge in [0.05, 0.1) is 72.5 Å². The molecule has 8 bridgehead atoms. The standard InChI is InChI=1S/C44H72O12/c1-9-29-21-33-13-17-38(49-33)26(6)42(46)54-31(11-3)23-35-15-19-40(51-35)28(8)44(48)56-32(12-4)24-36-16-20-39(52-36)27(7)43(47)55-30(10-2)22-34-14-18-37(50-34)25(5)41(45)53-29/h25-40H,9-24H2,1-8H3/t25-,26+,27+,28-,29-,30-,31+,32-,33-,34+,35-,36+,37+,38-,39+,40-/m1/s1. The highest BCUT2D eigenvalue weighted by molar-refractivity contribution is 5.74. The van der Waals surface area contributed by atoms with Crippen molar-refractivity contribution in [3.05, 3.63) is 0 Å². The Morgan fingerprint density at radius 3 is 0.732 bits per heavy atom. The van der Waals surface area contributed by atoms with Crippen molar-refractivity contribution in [1.29, 1.82) is 0 Å². The summed E-state index contributed by atoms with van der Waals surface area (Å²) in [5, 5.41) is 0. The van der Waals surface area contributed by atoms with Crippen LogP contribution in [0, 0.1) is 23.7 Å². The average molecular weight is 793 g/mol. The van der Waals surface area contributed by atoms with E-state index in [9.17, 15) is 19.2 Å². The fourth-order valence-corrected chi connectivity index (χ4v) is 9.16. The van der Waals surface area contributed by atoms with Crippen LogP contribution in [0.15, 0.2) is 0 Å². The van der Waals surface area contributed by atoms with Crippen LogP contribution in [-0.2, 0) is 57.1 Å². The van der Waals surface area contributed by atoms with Crippen LogP contribution in [0.3, 0.4) is 0 Å². The summed E-state index contributed by atoms with van der Waals surface area (Å²) in [5.41, 5.74) is 0. The molecule has 56 heavy (non-hydrogen) atoms. The zero-order valence-electron chi connectivity index (χ0n) is 35.5. The van der Waals surface area contributed by atoms with Crippen LogP contribution in [0.4, 0.5) is 0 Å². The molecule has 0 aromatic rings. The summed E-state index contributed by atoms with van der Waals surface area (Å²) in [6.07, 6.45) is 8.23. The van der Waals surface area contributed by atoms with Gasteiger partial charge in [-0.05, 0) is 105 Å². The van der Waals surface area contributed by atoms with E-state index in [1.54, 1.807) is 0 Å². The largest absolute Gasteiger partial charge is 0.462 e. The maximum atomic E-state index is 13.4. The smallest absolute Gasteiger partial charge is 0.311 e. The summed E-state index contributed by atoms with van der Waals surface area (Å²) in [7, 11) is 0. The number of fused-ring (bicyclic) bond motifs is 8. The van der Waals surface area contributed by atoms with E-state index in [0.717, 1.165) is 51.4 Å². The zero-order chi connectivity index (χ0) is 40.5. The Kier molecular flexibility index (Phi) is 16.9. The third kappa shape index (κ3) is 11.9. The van der Waals surface area contributed by atoms with Gasteiger partial charge in [0.1, 0.15) is 24.4 Å². The van der Waals surface area contributed by atoms with E-state index >= 15 is 0 Å². The number of rotatable bonds is 4. The summed E-state index contributed by atoms with van der Waals surface area (Å²) < 4.78 is 49.6. The predicted octanol–water partition coefficient (Wildman–Crippen LogP) is 7.58. The first-order valence-corrected chi connectivity index (χ1v) is 22.3. The third-order valence-electron chi connectivity index (χ3n) is 13.3. The third-order valence-corrected chi connectivity index (χ3v) is 13.3. The van der Waals surface area contributed by atoms with Crippen LogP contribution in [0.2, 0.25) is 0 Å². The maximum Gasteiger partial charge on any atom is 0.311 e. The molecule has 16 atom stereocenters. The lowest BCUT2D eigenvalue weighted by Gasteiger charge is -2.27. The molecule has 0 radical (unpaired) electrons. The molecule has 0 amide bonds. The molecule has 5 fully saturated rings. The van der Waals surface area contributed by atoms with Crippen LogP contribution in [0.1, 0.15) is 158 Å². The molecule has 0 spiro atoms. The van der Waals surface area contributed by atoms with Gasteiger partial charge in [0.15, 0.2) is 0 Å². The number of ether oxygens (including phenoxy) is 8. The molecule has 320 valence electrons. The first-order chi connectivity index (χ1) is 26.8. The summed E-state index contributed by atoms with van der Waals surface area (Å²) in [6.45, 7) is 15.5. The normalized spacial score (nSPS) is 42.9. The summed E-state index contributed by atoms with van der Waals surface area (Å²) in [4.78, 5) is 53.5. The fraction of sp³-hybridized carbons (Fsp3) is 0.909. The Labute approximate surface area is 335 Å². The van der Waals surface area contributed by atoms with Crippen LogP contribution in [0.25, 0.3) is 0 Å². The van der Waals surface area contributed by atoms with Crippen molar-refractivity contribution in [3.63, 3.8) is 0 Å². The topological polar surface area (TPSA) is 142 Å². The van der Waals surface area contributed by atoms with Crippen molar-refractivity contribution in [2.45, 2.75) is 231 Å². The van der Waals surface area contributed by atoms with Gasteiger partial charge in [0, 0.05) is 25.7 Å². The van der Waals surface area contributed by atoms with E-state index in [0.29, 0.717) is 51.4 Å². The first kappa shape index (κ1) is 44.8. The Bertz CT molecular complexity index is 1100. The van der Waals surface area contributed by atoms with Gasteiger partial charge in [0.25, 0.3) is 0 Å². The second-order valence-corrected chi connectivity index (χ2v) is 17.5. The highest BCUT2D eigenvalue weighted by Gasteiger charge is 2.41. The number of hydrogen-bond acceptors (Lipinski definition) is 12. The molecular formula is C44H72O12. The minimum absolute atomic E-state index is 0.116. The predicted molar refractivity (Wildman–Crippen MR) is 207 cm³/mol. The number of carbonyl (C=O) groups is 4. The minimum Gasteiger partial charge on any atom is -0.462 e. The highest BCUT2D eigenvalue weighted by Crippen LogP contribution is 2.35. The van der Waals surface area contributed by atoms with Gasteiger partial charge < -0.3 is 37.9 Å². The van der Waals surface area contributed by atoms with Crippen molar-refractivity contribution in [1.82, 2.24) is 0 Å². The summed E-state index contributed by atoms with van der Waals surface area (Å²) >= 11 is 0. The average Bonchev–Trinajstić information content (AvgIpc) is 4.03. The van der Waals surface area contributed by atoms with E-state index in [2.05, 4.69) is 0 Å². The molecule has 0 N–H and O–H groups in total. The number of hydrogen-bond donors (Lipinski definition) is 0. The van der Waals surface area contributed by atoms with Crippen molar-refractivity contribution in [3.8, 4) is 0 Å². The molecule has 0 unspecified atom stereocenters. The van der Waals surface area contributed by atoms with E-state index in [1.165, 1.54) is 0 Å². The maximum absolute atomic E-state index is 13.4. The Morgan fingerprint density at radius 1 is 0.357 bits per heavy atom. The van der Waals surface area contributed by atoms with Gasteiger partial charge in [-0.2, -0.15) is 0 Å². The lowest BCUT2D eigenvalue weighted by atomic mass is 9.99. The molecule has 0 aromatic carbocycles. The van der Waals surface area contributed by atoms with Crippen molar-refractivity contribution in [2.75, 3.05) is 0 Å². The Balaban J connectivity index is 1.24. The molecule has 5 aliphatic rings. The molecule has 12 nitrogen and oxygen atoms in total. The summed E-state index contributed by atoms with van der Waals surface area (Å²) in [5.74, 6) is -2.83. The van der Waals surface area contributed by atoms with Crippen LogP contribution < -0.4 is 0 Å². The number of cyclic esters (lactones) is 4. The van der Waals surface area contributed by atoms with Crippen molar-refractivity contribution in [2.24, 2.45) is 23.7 Å².